The van der Waals surface area contributed by atoms with Crippen molar-refractivity contribution in [3.05, 3.63) is 34.6 Å². The molecule has 1 heterocycles. The Morgan fingerprint density at radius 3 is 3.06 bits per heavy atom. The van der Waals surface area contributed by atoms with Crippen LogP contribution < -0.4 is 10.6 Å². The van der Waals surface area contributed by atoms with Crippen molar-refractivity contribution >= 4 is 29.3 Å². The quantitative estimate of drug-likeness (QED) is 0.887. The minimum atomic E-state index is -0.313. The molecule has 1 saturated heterocycles. The number of hydrogen-bond acceptors (Lipinski definition) is 3. The smallest absolute Gasteiger partial charge is 0.223 e. The number of nitrogens with one attached hydrogen (secondary N) is 2. The van der Waals surface area contributed by atoms with Gasteiger partial charge in [-0.2, -0.15) is 0 Å². The zero-order valence-corrected chi connectivity index (χ0v) is 10.6. The molecule has 1 atom stereocenters. The van der Waals surface area contributed by atoms with E-state index in [1.54, 1.807) is 12.1 Å². The summed E-state index contributed by atoms with van der Waals surface area (Å²) < 4.78 is 13.5. The highest BCUT2D eigenvalue weighted by Gasteiger charge is 2.18. The second-order valence-electron chi connectivity index (χ2n) is 3.66. The molecule has 1 aromatic rings. The number of rotatable bonds is 3. The Kier molecular flexibility index (Phi) is 4.25. The molecule has 0 spiro atoms. The molecule has 0 bridgehead atoms. The van der Waals surface area contributed by atoms with Crippen LogP contribution >= 0.6 is 23.4 Å². The normalized spacial score (nSPS) is 20.1. The van der Waals surface area contributed by atoms with E-state index in [9.17, 15) is 9.18 Å². The van der Waals surface area contributed by atoms with Crippen molar-refractivity contribution in [2.24, 2.45) is 0 Å². The monoisotopic (exact) mass is 274 g/mol. The van der Waals surface area contributed by atoms with Crippen molar-refractivity contribution in [2.45, 2.75) is 17.7 Å². The van der Waals surface area contributed by atoms with E-state index in [0.717, 1.165) is 0 Å². The van der Waals surface area contributed by atoms with Gasteiger partial charge < -0.3 is 5.32 Å². The molecule has 3 nitrogen and oxygen atoms in total. The lowest BCUT2D eigenvalue weighted by Gasteiger charge is -2.24. The molecule has 1 aromatic carbocycles. The molecule has 0 radical (unpaired) electrons. The minimum Gasteiger partial charge on any atom is -0.332 e. The zero-order valence-electron chi connectivity index (χ0n) is 9.00. The lowest BCUT2D eigenvalue weighted by Crippen LogP contribution is -2.49. The van der Waals surface area contributed by atoms with Crippen LogP contribution in [0.2, 0.25) is 5.02 Å². The topological polar surface area (TPSA) is 41.1 Å². The van der Waals surface area contributed by atoms with Crippen LogP contribution in [-0.2, 0) is 10.5 Å². The molecule has 1 unspecified atom stereocenters. The average Bonchev–Trinajstić information content (AvgIpc) is 2.28. The molecule has 2 N–H and O–H groups in total. The van der Waals surface area contributed by atoms with E-state index in [1.807, 2.05) is 0 Å². The summed E-state index contributed by atoms with van der Waals surface area (Å²) in [5, 5.41) is 6.31. The highest BCUT2D eigenvalue weighted by molar-refractivity contribution is 7.99. The van der Waals surface area contributed by atoms with Gasteiger partial charge in [0.1, 0.15) is 11.3 Å². The molecule has 6 heteroatoms. The van der Waals surface area contributed by atoms with Gasteiger partial charge in [0.2, 0.25) is 5.91 Å². The van der Waals surface area contributed by atoms with Gasteiger partial charge in [-0.05, 0) is 12.1 Å². The molecule has 1 fully saturated rings. The Morgan fingerprint density at radius 2 is 2.35 bits per heavy atom. The maximum Gasteiger partial charge on any atom is 0.223 e. The Bertz CT molecular complexity index is 410. The Hall–Kier alpha value is -0.780. The first-order valence-electron chi connectivity index (χ1n) is 5.24. The van der Waals surface area contributed by atoms with E-state index < -0.39 is 0 Å². The van der Waals surface area contributed by atoms with E-state index in [0.29, 0.717) is 29.3 Å². The van der Waals surface area contributed by atoms with E-state index in [-0.39, 0.29) is 17.2 Å². The lowest BCUT2D eigenvalue weighted by atomic mass is 10.2. The predicted molar refractivity (Wildman–Crippen MR) is 67.3 cm³/mol. The number of hydrogen-bond donors (Lipinski definition) is 2. The fraction of sp³-hybridized carbons (Fsp3) is 0.364. The van der Waals surface area contributed by atoms with Crippen molar-refractivity contribution in [2.75, 3.05) is 6.54 Å². The predicted octanol–water partition coefficient (Wildman–Crippen LogP) is 2.11. The molecule has 1 aliphatic heterocycles. The van der Waals surface area contributed by atoms with E-state index in [2.05, 4.69) is 10.6 Å². The van der Waals surface area contributed by atoms with Crippen molar-refractivity contribution in [1.29, 1.82) is 0 Å². The van der Waals surface area contributed by atoms with Crippen LogP contribution in [0.3, 0.4) is 0 Å². The fourth-order valence-electron chi connectivity index (χ4n) is 1.52. The SMILES string of the molecule is O=C1CCNC(SCc2c(F)cccc2Cl)N1. The first-order chi connectivity index (χ1) is 8.16. The molecule has 1 amide bonds. The third-order valence-electron chi connectivity index (χ3n) is 2.43. The van der Waals surface area contributed by atoms with Crippen LogP contribution in [-0.4, -0.2) is 17.9 Å². The van der Waals surface area contributed by atoms with Crippen molar-refractivity contribution in [3.8, 4) is 0 Å². The molecule has 92 valence electrons. The maximum atomic E-state index is 13.5. The maximum absolute atomic E-state index is 13.5. The van der Waals surface area contributed by atoms with E-state index >= 15 is 0 Å². The summed E-state index contributed by atoms with van der Waals surface area (Å²) in [5.74, 6) is 0.122. The molecule has 0 aromatic heterocycles. The first kappa shape index (κ1) is 12.7. The lowest BCUT2D eigenvalue weighted by molar-refractivity contribution is -0.122. The third-order valence-corrected chi connectivity index (χ3v) is 3.86. The van der Waals surface area contributed by atoms with Crippen LogP contribution in [0.15, 0.2) is 18.2 Å². The molecule has 17 heavy (non-hydrogen) atoms. The zero-order chi connectivity index (χ0) is 12.3. The van der Waals surface area contributed by atoms with Crippen molar-refractivity contribution in [1.82, 2.24) is 10.6 Å². The minimum absolute atomic E-state index is 0.0147. The Balaban J connectivity index is 1.95. The molecule has 0 saturated carbocycles. The highest BCUT2D eigenvalue weighted by atomic mass is 35.5. The first-order valence-corrected chi connectivity index (χ1v) is 6.67. The summed E-state index contributed by atoms with van der Waals surface area (Å²) in [6.45, 7) is 0.647. The van der Waals surface area contributed by atoms with Gasteiger partial charge >= 0.3 is 0 Å². The van der Waals surface area contributed by atoms with Gasteiger partial charge in [0, 0.05) is 29.3 Å². The second kappa shape index (κ2) is 5.71. The summed E-state index contributed by atoms with van der Waals surface area (Å²) in [5.41, 5.74) is 0.299. The molecular formula is C11H12ClFN2OS. The standard InChI is InChI=1S/C11H12ClFN2OS/c12-8-2-1-3-9(13)7(8)6-17-11-14-5-4-10(16)15-11/h1-3,11,14H,4-6H2,(H,15,16). The van der Waals surface area contributed by atoms with Crippen LogP contribution in [0.1, 0.15) is 12.0 Å². The number of carbonyl (C=O) groups is 1. The Morgan fingerprint density at radius 1 is 1.53 bits per heavy atom. The van der Waals surface area contributed by atoms with Gasteiger partial charge in [0.25, 0.3) is 0 Å². The molecule has 0 aliphatic carbocycles. The van der Waals surface area contributed by atoms with E-state index in [1.165, 1.54) is 17.8 Å². The van der Waals surface area contributed by atoms with Crippen LogP contribution in [0, 0.1) is 5.82 Å². The molecule has 2 rings (SSSR count). The van der Waals surface area contributed by atoms with E-state index in [4.69, 9.17) is 11.6 Å². The van der Waals surface area contributed by atoms with Crippen molar-refractivity contribution in [3.63, 3.8) is 0 Å². The summed E-state index contributed by atoms with van der Waals surface area (Å²) in [6, 6.07) is 4.62. The number of thioether (sulfide) groups is 1. The summed E-state index contributed by atoms with van der Waals surface area (Å²) in [7, 11) is 0. The van der Waals surface area contributed by atoms with Gasteiger partial charge in [-0.15, -0.1) is 11.8 Å². The van der Waals surface area contributed by atoms with Gasteiger partial charge in [-0.3, -0.25) is 10.1 Å². The molecular weight excluding hydrogens is 263 g/mol. The largest absolute Gasteiger partial charge is 0.332 e. The van der Waals surface area contributed by atoms with Crippen LogP contribution in [0.5, 0.6) is 0 Å². The third kappa shape index (κ3) is 3.34. The number of carbonyl (C=O) groups excluding carboxylic acids is 1. The highest BCUT2D eigenvalue weighted by Crippen LogP contribution is 2.25. The molecule has 1 aliphatic rings. The second-order valence-corrected chi connectivity index (χ2v) is 5.16. The van der Waals surface area contributed by atoms with Crippen LogP contribution in [0.4, 0.5) is 4.39 Å². The van der Waals surface area contributed by atoms with Crippen LogP contribution in [0.25, 0.3) is 0 Å². The number of halogens is 2. The summed E-state index contributed by atoms with van der Waals surface area (Å²) in [4.78, 5) is 11.2. The average molecular weight is 275 g/mol. The summed E-state index contributed by atoms with van der Waals surface area (Å²) in [6.07, 6.45) is 0.484. The van der Waals surface area contributed by atoms with Gasteiger partial charge in [-0.1, -0.05) is 17.7 Å². The number of benzene rings is 1. The van der Waals surface area contributed by atoms with Crippen molar-refractivity contribution < 1.29 is 9.18 Å². The van der Waals surface area contributed by atoms with Gasteiger partial charge in [-0.25, -0.2) is 4.39 Å². The number of amides is 1. The Labute approximate surface area is 108 Å². The van der Waals surface area contributed by atoms with Gasteiger partial charge in [0.15, 0.2) is 0 Å². The summed E-state index contributed by atoms with van der Waals surface area (Å²) >= 11 is 7.33. The fourth-order valence-corrected chi connectivity index (χ4v) is 2.91. The van der Waals surface area contributed by atoms with Gasteiger partial charge in [0.05, 0.1) is 0 Å².